The van der Waals surface area contributed by atoms with Gasteiger partial charge in [-0.3, -0.25) is 0 Å². The van der Waals surface area contributed by atoms with Crippen molar-refractivity contribution in [3.8, 4) is 0 Å². The van der Waals surface area contributed by atoms with Crippen LogP contribution in [0.1, 0.15) is 24.5 Å². The Bertz CT molecular complexity index is 447. The van der Waals surface area contributed by atoms with Gasteiger partial charge < -0.3 is 24.1 Å². The van der Waals surface area contributed by atoms with Gasteiger partial charge in [0.05, 0.1) is 64.9 Å². The van der Waals surface area contributed by atoms with E-state index in [1.54, 1.807) is 0 Å². The van der Waals surface area contributed by atoms with Gasteiger partial charge in [-0.25, -0.2) is 0 Å². The molecule has 2 aliphatic rings. The zero-order chi connectivity index (χ0) is 16.9. The number of rotatable bonds is 10. The topological polar surface area (TPSA) is 57.2 Å². The van der Waals surface area contributed by atoms with Crippen LogP contribution in [0, 0.1) is 10.8 Å². The molecule has 2 heterocycles. The molecule has 5 heteroatoms. The van der Waals surface area contributed by atoms with Crippen molar-refractivity contribution in [1.29, 1.82) is 0 Å². The second-order valence-electron chi connectivity index (χ2n) is 7.30. The number of aliphatic hydroxyl groups is 1. The Morgan fingerprint density at radius 3 is 1.67 bits per heavy atom. The van der Waals surface area contributed by atoms with E-state index in [4.69, 9.17) is 18.9 Å². The molecule has 0 atom stereocenters. The highest BCUT2D eigenvalue weighted by atomic mass is 16.5. The molecule has 24 heavy (non-hydrogen) atoms. The van der Waals surface area contributed by atoms with Crippen LogP contribution in [0.3, 0.4) is 0 Å². The number of benzene rings is 1. The van der Waals surface area contributed by atoms with E-state index in [1.807, 2.05) is 0 Å². The molecule has 0 bridgehead atoms. The third kappa shape index (κ3) is 4.16. The molecule has 1 aromatic carbocycles. The van der Waals surface area contributed by atoms with Crippen LogP contribution >= 0.6 is 0 Å². The van der Waals surface area contributed by atoms with Crippen molar-refractivity contribution in [2.24, 2.45) is 10.8 Å². The quantitative estimate of drug-likeness (QED) is 0.709. The Hall–Kier alpha value is -0.980. The predicted octanol–water partition coefficient (Wildman–Crippen LogP) is 2.16. The molecule has 1 N–H and O–H groups in total. The van der Waals surface area contributed by atoms with Crippen LogP contribution in [0.4, 0.5) is 0 Å². The van der Waals surface area contributed by atoms with Gasteiger partial charge in [-0.2, -0.15) is 0 Å². The lowest BCUT2D eigenvalue weighted by atomic mass is 9.84. The summed E-state index contributed by atoms with van der Waals surface area (Å²) in [6, 6.07) is 8.32. The van der Waals surface area contributed by atoms with Crippen molar-refractivity contribution >= 4 is 0 Å². The number of hydrogen-bond donors (Lipinski definition) is 1. The molecule has 2 fully saturated rings. The van der Waals surface area contributed by atoms with Crippen molar-refractivity contribution in [2.75, 3.05) is 46.2 Å². The Morgan fingerprint density at radius 1 is 0.875 bits per heavy atom. The van der Waals surface area contributed by atoms with Crippen LogP contribution in [-0.2, 0) is 32.2 Å². The fourth-order valence-electron chi connectivity index (χ4n) is 2.89. The fraction of sp³-hybridized carbons (Fsp3) is 0.684. The molecule has 0 amide bonds. The molecule has 3 rings (SSSR count). The van der Waals surface area contributed by atoms with Crippen LogP contribution in [0.25, 0.3) is 0 Å². The second-order valence-corrected chi connectivity index (χ2v) is 7.30. The maximum atomic E-state index is 9.37. The molecule has 0 radical (unpaired) electrons. The Morgan fingerprint density at radius 2 is 1.33 bits per heavy atom. The lowest BCUT2D eigenvalue weighted by molar-refractivity contribution is -0.170. The maximum absolute atomic E-state index is 9.37. The van der Waals surface area contributed by atoms with Gasteiger partial charge in [0.15, 0.2) is 0 Å². The summed E-state index contributed by atoms with van der Waals surface area (Å²) in [5, 5.41) is 9.37. The summed E-state index contributed by atoms with van der Waals surface area (Å²) in [4.78, 5) is 0. The standard InChI is InChI=1S/C19H28O5/c1-2-18(11-23-12-18)10-21-7-16-3-5-17(6-4-16)8-22-13-19(9-20)14-24-15-19/h3-6,20H,2,7-15H2,1H3. The van der Waals surface area contributed by atoms with Gasteiger partial charge in [0.25, 0.3) is 0 Å². The Labute approximate surface area is 143 Å². The first-order chi connectivity index (χ1) is 11.7. The summed E-state index contributed by atoms with van der Waals surface area (Å²) in [7, 11) is 0. The fourth-order valence-corrected chi connectivity index (χ4v) is 2.89. The summed E-state index contributed by atoms with van der Waals surface area (Å²) < 4.78 is 22.1. The first kappa shape index (κ1) is 17.8. The highest BCUT2D eigenvalue weighted by Crippen LogP contribution is 2.31. The van der Waals surface area contributed by atoms with E-state index in [-0.39, 0.29) is 17.4 Å². The van der Waals surface area contributed by atoms with Gasteiger partial charge in [-0.15, -0.1) is 0 Å². The minimum Gasteiger partial charge on any atom is -0.396 e. The molecule has 5 nitrogen and oxygen atoms in total. The zero-order valence-electron chi connectivity index (χ0n) is 14.5. The molecule has 134 valence electrons. The van der Waals surface area contributed by atoms with Crippen molar-refractivity contribution in [3.63, 3.8) is 0 Å². The van der Waals surface area contributed by atoms with Gasteiger partial charge >= 0.3 is 0 Å². The van der Waals surface area contributed by atoms with Crippen LogP contribution in [0.15, 0.2) is 24.3 Å². The average Bonchev–Trinajstić information content (AvgIpc) is 2.54. The van der Waals surface area contributed by atoms with Crippen LogP contribution < -0.4 is 0 Å². The number of ether oxygens (including phenoxy) is 4. The van der Waals surface area contributed by atoms with Crippen molar-refractivity contribution in [1.82, 2.24) is 0 Å². The first-order valence-corrected chi connectivity index (χ1v) is 8.69. The monoisotopic (exact) mass is 336 g/mol. The molecule has 0 unspecified atom stereocenters. The normalized spacial score (nSPS) is 21.1. The SMILES string of the molecule is CCC1(COCc2ccc(COCC3(CO)COC3)cc2)COC1. The van der Waals surface area contributed by atoms with Gasteiger partial charge in [0, 0.05) is 5.41 Å². The second kappa shape index (κ2) is 7.93. The van der Waals surface area contributed by atoms with E-state index >= 15 is 0 Å². The molecular formula is C19H28O5. The van der Waals surface area contributed by atoms with Gasteiger partial charge in [-0.05, 0) is 17.5 Å². The highest BCUT2D eigenvalue weighted by Gasteiger charge is 2.38. The third-order valence-electron chi connectivity index (χ3n) is 5.10. The van der Waals surface area contributed by atoms with Gasteiger partial charge in [-0.1, -0.05) is 31.2 Å². The van der Waals surface area contributed by atoms with Crippen molar-refractivity contribution < 1.29 is 24.1 Å². The molecule has 2 saturated heterocycles. The van der Waals surface area contributed by atoms with Gasteiger partial charge in [0.1, 0.15) is 0 Å². The maximum Gasteiger partial charge on any atom is 0.0717 e. The van der Waals surface area contributed by atoms with Gasteiger partial charge in [0.2, 0.25) is 0 Å². The summed E-state index contributed by atoms with van der Waals surface area (Å²) >= 11 is 0. The summed E-state index contributed by atoms with van der Waals surface area (Å²) in [5.74, 6) is 0. The third-order valence-corrected chi connectivity index (χ3v) is 5.10. The van der Waals surface area contributed by atoms with Crippen molar-refractivity contribution in [3.05, 3.63) is 35.4 Å². The van der Waals surface area contributed by atoms with Crippen LogP contribution in [0.2, 0.25) is 0 Å². The van der Waals surface area contributed by atoms with E-state index in [2.05, 4.69) is 31.2 Å². The summed E-state index contributed by atoms with van der Waals surface area (Å²) in [6.45, 7) is 7.61. The minimum absolute atomic E-state index is 0.119. The number of hydrogen-bond acceptors (Lipinski definition) is 5. The minimum atomic E-state index is -0.186. The van der Waals surface area contributed by atoms with E-state index in [0.717, 1.165) is 31.8 Å². The molecule has 1 aromatic rings. The number of aliphatic hydroxyl groups excluding tert-OH is 1. The van der Waals surface area contributed by atoms with Crippen LogP contribution in [-0.4, -0.2) is 51.4 Å². The first-order valence-electron chi connectivity index (χ1n) is 8.69. The molecule has 0 saturated carbocycles. The molecular weight excluding hydrogens is 308 g/mol. The average molecular weight is 336 g/mol. The predicted molar refractivity (Wildman–Crippen MR) is 89.6 cm³/mol. The Balaban J connectivity index is 1.37. The molecule has 2 aliphatic heterocycles. The van der Waals surface area contributed by atoms with E-state index < -0.39 is 0 Å². The lowest BCUT2D eigenvalue weighted by Crippen LogP contribution is -2.49. The molecule has 0 aliphatic carbocycles. The summed E-state index contributed by atoms with van der Waals surface area (Å²) in [5.41, 5.74) is 2.35. The van der Waals surface area contributed by atoms with E-state index in [9.17, 15) is 5.11 Å². The van der Waals surface area contributed by atoms with E-state index in [1.165, 1.54) is 5.56 Å². The smallest absolute Gasteiger partial charge is 0.0717 e. The highest BCUT2D eigenvalue weighted by molar-refractivity contribution is 5.21. The van der Waals surface area contributed by atoms with E-state index in [0.29, 0.717) is 33.0 Å². The lowest BCUT2D eigenvalue weighted by Gasteiger charge is -2.40. The Kier molecular flexibility index (Phi) is 5.89. The summed E-state index contributed by atoms with van der Waals surface area (Å²) in [6.07, 6.45) is 1.10. The molecule has 0 aromatic heterocycles. The zero-order valence-corrected chi connectivity index (χ0v) is 14.5. The van der Waals surface area contributed by atoms with Crippen LogP contribution in [0.5, 0.6) is 0 Å². The van der Waals surface area contributed by atoms with Crippen molar-refractivity contribution in [2.45, 2.75) is 26.6 Å². The molecule has 0 spiro atoms. The largest absolute Gasteiger partial charge is 0.396 e.